The van der Waals surface area contributed by atoms with Crippen LogP contribution in [-0.2, 0) is 30.5 Å². The van der Waals surface area contributed by atoms with E-state index in [4.69, 9.17) is 32.7 Å². The molecular weight excluding hydrogens is 681 g/mol. The zero-order valence-electron chi connectivity index (χ0n) is 29.4. The molecule has 0 bridgehead atoms. The van der Waals surface area contributed by atoms with Crippen LogP contribution < -0.4 is 32.3 Å². The Morgan fingerprint density at radius 1 is 1.12 bits per heavy atom. The molecule has 0 aromatic heterocycles. The number of hydrogen-bond donors (Lipinski definition) is 5. The summed E-state index contributed by atoms with van der Waals surface area (Å²) in [6, 6.07) is 9.57. The summed E-state index contributed by atoms with van der Waals surface area (Å²) < 4.78 is 25.4. The second-order valence-electron chi connectivity index (χ2n) is 12.5. The van der Waals surface area contributed by atoms with Crippen molar-refractivity contribution >= 4 is 41.8 Å². The number of carbonyl (C=O) groups is 4. The number of carbonyl (C=O) groups excluding carboxylic acids is 4. The van der Waals surface area contributed by atoms with Gasteiger partial charge >= 0.3 is 0 Å². The van der Waals surface area contributed by atoms with Crippen LogP contribution in [0, 0.1) is 18.7 Å². The Kier molecular flexibility index (Phi) is 17.7. The third-order valence-corrected chi connectivity index (χ3v) is 8.88. The highest BCUT2D eigenvalue weighted by Gasteiger charge is 2.28. The number of hydrogen-bond acceptors (Lipinski definition) is 10. The van der Waals surface area contributed by atoms with E-state index in [2.05, 4.69) is 16.0 Å². The lowest BCUT2D eigenvalue weighted by Gasteiger charge is -2.28. The van der Waals surface area contributed by atoms with Crippen molar-refractivity contribution in [3.8, 4) is 5.75 Å². The minimum absolute atomic E-state index is 0.0114. The summed E-state index contributed by atoms with van der Waals surface area (Å²) in [5.41, 5.74) is 8.67. The van der Waals surface area contributed by atoms with Gasteiger partial charge < -0.3 is 45.9 Å². The van der Waals surface area contributed by atoms with Gasteiger partial charge in [-0.25, -0.2) is 10.2 Å². The fourth-order valence-electron chi connectivity index (χ4n) is 5.74. The van der Waals surface area contributed by atoms with Gasteiger partial charge in [0.25, 0.3) is 0 Å². The minimum atomic E-state index is -0.577. The molecule has 280 valence electrons. The number of benzene rings is 2. The van der Waals surface area contributed by atoms with Gasteiger partial charge in [-0.3, -0.25) is 14.4 Å². The van der Waals surface area contributed by atoms with E-state index in [0.717, 1.165) is 23.8 Å². The Balaban J connectivity index is 1.28. The van der Waals surface area contributed by atoms with Gasteiger partial charge in [-0.1, -0.05) is 43.1 Å². The molecule has 15 heteroatoms. The molecule has 0 heterocycles. The number of ether oxygens (including phenoxy) is 2. The van der Waals surface area contributed by atoms with Gasteiger partial charge in [0.2, 0.25) is 18.2 Å². The maximum Gasteiger partial charge on any atom is 0.250 e. The molecule has 3 rings (SSSR count). The summed E-state index contributed by atoms with van der Waals surface area (Å²) in [5, 5.41) is 10.3. The third-order valence-electron chi connectivity index (χ3n) is 8.58. The third kappa shape index (κ3) is 13.8. The predicted molar refractivity (Wildman–Crippen MR) is 194 cm³/mol. The number of rotatable bonds is 22. The number of aryl methyl sites for hydroxylation is 1. The molecule has 1 fully saturated rings. The van der Waals surface area contributed by atoms with Crippen molar-refractivity contribution < 1.29 is 33.0 Å². The molecule has 0 saturated heterocycles. The first kappa shape index (κ1) is 41.2. The average Bonchev–Trinajstić information content (AvgIpc) is 3.11. The largest absolute Gasteiger partial charge is 0.487 e. The molecule has 0 spiro atoms. The number of anilines is 1. The minimum Gasteiger partial charge on any atom is -0.487 e. The molecule has 1 aliphatic carbocycles. The van der Waals surface area contributed by atoms with E-state index >= 15 is 0 Å². The molecule has 13 nitrogen and oxygen atoms in total. The lowest BCUT2D eigenvalue weighted by atomic mass is 9.86. The molecule has 1 unspecified atom stereocenters. The molecule has 7 N–H and O–H groups in total. The SMILES string of the molecule is CCCC(C=O)N(C=O)Cc1c(C)cccc1NC(=O)COCCNCCN(N)/C=C(\N)CNC(=O)[C@H]1CC[C@H](Oc2cccc(Cl)c2F)CC1. The van der Waals surface area contributed by atoms with Crippen LogP contribution in [-0.4, -0.2) is 86.0 Å². The molecule has 2 aromatic rings. The van der Waals surface area contributed by atoms with Crippen LogP contribution in [0.4, 0.5) is 10.1 Å². The van der Waals surface area contributed by atoms with E-state index < -0.39 is 11.9 Å². The summed E-state index contributed by atoms with van der Waals surface area (Å²) in [5.74, 6) is 4.95. The smallest absolute Gasteiger partial charge is 0.250 e. The van der Waals surface area contributed by atoms with Crippen molar-refractivity contribution in [1.29, 1.82) is 0 Å². The van der Waals surface area contributed by atoms with Crippen LogP contribution >= 0.6 is 11.6 Å². The first-order valence-electron chi connectivity index (χ1n) is 17.2. The van der Waals surface area contributed by atoms with E-state index in [-0.39, 0.29) is 60.9 Å². The monoisotopic (exact) mass is 731 g/mol. The van der Waals surface area contributed by atoms with Crippen LogP contribution in [0.2, 0.25) is 5.02 Å². The highest BCUT2D eigenvalue weighted by molar-refractivity contribution is 6.30. The number of aldehydes is 1. The van der Waals surface area contributed by atoms with Crippen molar-refractivity contribution in [3.63, 3.8) is 0 Å². The molecule has 2 aromatic carbocycles. The van der Waals surface area contributed by atoms with Crippen LogP contribution in [0.25, 0.3) is 0 Å². The first-order valence-corrected chi connectivity index (χ1v) is 17.6. The number of nitrogens with one attached hydrogen (secondary N) is 3. The summed E-state index contributed by atoms with van der Waals surface area (Å²) in [6.07, 6.45) is 6.61. The van der Waals surface area contributed by atoms with E-state index in [1.807, 2.05) is 26.0 Å². The van der Waals surface area contributed by atoms with Gasteiger partial charge in [-0.2, -0.15) is 0 Å². The molecule has 0 aliphatic heterocycles. The van der Waals surface area contributed by atoms with Gasteiger partial charge in [0.05, 0.1) is 30.3 Å². The van der Waals surface area contributed by atoms with Gasteiger partial charge in [-0.15, -0.1) is 0 Å². The molecule has 1 aliphatic rings. The molecule has 51 heavy (non-hydrogen) atoms. The van der Waals surface area contributed by atoms with E-state index in [9.17, 15) is 23.6 Å². The lowest BCUT2D eigenvalue weighted by Crippen LogP contribution is -2.38. The van der Waals surface area contributed by atoms with E-state index in [1.165, 1.54) is 16.0 Å². The predicted octanol–water partition coefficient (Wildman–Crippen LogP) is 3.39. The standard InChI is InChI=1S/C36H51ClFN7O6/c1-3-6-28(22-46)44(24-47)21-30-25(2)7-4-9-32(30)43-34(48)23-50-18-16-41-15-17-45(40)20-27(39)19-42-36(49)26-11-13-29(14-12-26)51-33-10-5-8-31(37)35(33)38/h4-5,7-10,20,22,24,26,28-29,41H,3,6,11-19,21,23,39-40H2,1-2H3,(H,42,49)(H,43,48)/b27-20-/t26-,28?,29-. The van der Waals surface area contributed by atoms with E-state index in [0.29, 0.717) is 69.5 Å². The Morgan fingerprint density at radius 3 is 2.57 bits per heavy atom. The second-order valence-corrected chi connectivity index (χ2v) is 12.9. The fourth-order valence-corrected chi connectivity index (χ4v) is 5.90. The number of nitrogens with zero attached hydrogens (tertiary/aromatic N) is 2. The van der Waals surface area contributed by atoms with Gasteiger partial charge in [0.15, 0.2) is 11.6 Å². The normalized spacial score (nSPS) is 16.5. The number of nitrogens with two attached hydrogens (primary N) is 2. The molecular formula is C36H51ClFN7O6. The Bertz CT molecular complexity index is 1470. The van der Waals surface area contributed by atoms with Crippen molar-refractivity contribution in [2.45, 2.75) is 71.1 Å². The maximum atomic E-state index is 14.1. The quantitative estimate of drug-likeness (QED) is 0.0521. The first-order chi connectivity index (χ1) is 24.6. The Labute approximate surface area is 304 Å². The second kappa shape index (κ2) is 21.9. The van der Waals surface area contributed by atoms with Crippen molar-refractivity contribution in [2.24, 2.45) is 17.5 Å². The summed E-state index contributed by atoms with van der Waals surface area (Å²) in [7, 11) is 0. The lowest BCUT2D eigenvalue weighted by molar-refractivity contribution is -0.126. The van der Waals surface area contributed by atoms with Crippen LogP contribution in [0.5, 0.6) is 5.75 Å². The van der Waals surface area contributed by atoms with E-state index in [1.54, 1.807) is 24.4 Å². The van der Waals surface area contributed by atoms with Crippen LogP contribution in [0.3, 0.4) is 0 Å². The van der Waals surface area contributed by atoms with Crippen LogP contribution in [0.15, 0.2) is 48.3 Å². The molecule has 1 saturated carbocycles. The number of hydrazine groups is 1. The van der Waals surface area contributed by atoms with Gasteiger partial charge in [-0.05, 0) is 68.4 Å². The van der Waals surface area contributed by atoms with Crippen LogP contribution in [0.1, 0.15) is 56.6 Å². The Morgan fingerprint density at radius 2 is 1.86 bits per heavy atom. The number of halogens is 2. The zero-order chi connectivity index (χ0) is 37.2. The molecule has 3 amide bonds. The average molecular weight is 732 g/mol. The zero-order valence-corrected chi connectivity index (χ0v) is 30.1. The summed E-state index contributed by atoms with van der Waals surface area (Å²) in [6.45, 7) is 5.73. The summed E-state index contributed by atoms with van der Waals surface area (Å²) >= 11 is 5.83. The molecule has 1 atom stereocenters. The fraction of sp³-hybridized carbons (Fsp3) is 0.500. The molecule has 0 radical (unpaired) electrons. The summed E-state index contributed by atoms with van der Waals surface area (Å²) in [4.78, 5) is 50.0. The topological polar surface area (TPSA) is 181 Å². The highest BCUT2D eigenvalue weighted by Crippen LogP contribution is 2.31. The van der Waals surface area contributed by atoms with Crippen molar-refractivity contribution in [3.05, 3.63) is 70.3 Å². The van der Waals surface area contributed by atoms with Crippen molar-refractivity contribution in [1.82, 2.24) is 20.5 Å². The van der Waals surface area contributed by atoms with Gasteiger partial charge in [0.1, 0.15) is 12.9 Å². The maximum absolute atomic E-state index is 14.1. The van der Waals surface area contributed by atoms with Crippen molar-refractivity contribution in [2.75, 3.05) is 44.7 Å². The highest BCUT2D eigenvalue weighted by atomic mass is 35.5. The Hall–Kier alpha value is -4.24. The number of amides is 3. The van der Waals surface area contributed by atoms with Gasteiger partial charge in [0, 0.05) is 49.7 Å².